The van der Waals surface area contributed by atoms with Gasteiger partial charge in [0.2, 0.25) is 0 Å². The van der Waals surface area contributed by atoms with Crippen molar-refractivity contribution in [3.05, 3.63) is 24.3 Å². The molecule has 2 rings (SSSR count). The fraction of sp³-hybridized carbons (Fsp3) is 0.600. The normalized spacial score (nSPS) is 26.6. The van der Waals surface area contributed by atoms with Crippen molar-refractivity contribution in [2.24, 2.45) is 11.1 Å². The first-order valence-corrected chi connectivity index (χ1v) is 4.88. The molecule has 0 saturated carbocycles. The number of nitrogens with zero attached hydrogens (tertiary/aromatic N) is 2. The Hall–Kier alpha value is -1.00. The number of nitrogens with two attached hydrogens (primary N) is 1. The molecule has 1 unspecified atom stereocenters. The van der Waals surface area contributed by atoms with Gasteiger partial charge in [0.05, 0.1) is 6.61 Å². The van der Waals surface area contributed by atoms with E-state index in [1.54, 1.807) is 12.4 Å². The average Bonchev–Trinajstić information content (AvgIpc) is 2.69. The number of rotatable bonds is 3. The largest absolute Gasteiger partial charge is 0.381 e. The molecule has 1 saturated heterocycles. The van der Waals surface area contributed by atoms with Crippen LogP contribution in [0.2, 0.25) is 0 Å². The van der Waals surface area contributed by atoms with Crippen molar-refractivity contribution < 1.29 is 4.74 Å². The first-order valence-electron chi connectivity index (χ1n) is 4.88. The van der Waals surface area contributed by atoms with Gasteiger partial charge in [-0.25, -0.2) is 9.97 Å². The number of aromatic nitrogens is 2. The van der Waals surface area contributed by atoms with Gasteiger partial charge in [-0.3, -0.25) is 0 Å². The van der Waals surface area contributed by atoms with Gasteiger partial charge in [0.1, 0.15) is 5.82 Å². The second-order valence-electron chi connectivity index (χ2n) is 3.85. The van der Waals surface area contributed by atoms with Crippen molar-refractivity contribution in [2.75, 3.05) is 19.8 Å². The smallest absolute Gasteiger partial charge is 0.128 e. The second kappa shape index (κ2) is 4.02. The summed E-state index contributed by atoms with van der Waals surface area (Å²) >= 11 is 0. The highest BCUT2D eigenvalue weighted by Gasteiger charge is 2.34. The molecule has 1 fully saturated rings. The van der Waals surface area contributed by atoms with E-state index in [0.29, 0.717) is 6.54 Å². The van der Waals surface area contributed by atoms with Gasteiger partial charge in [-0.2, -0.15) is 0 Å². The minimum absolute atomic E-state index is 0.0708. The topological polar surface area (TPSA) is 61.0 Å². The van der Waals surface area contributed by atoms with Crippen LogP contribution in [0.25, 0.3) is 0 Å². The average molecular weight is 193 g/mol. The van der Waals surface area contributed by atoms with Crippen LogP contribution in [-0.2, 0) is 11.2 Å². The van der Waals surface area contributed by atoms with E-state index in [9.17, 15) is 0 Å². The van der Waals surface area contributed by atoms with E-state index in [2.05, 4.69) is 9.97 Å². The summed E-state index contributed by atoms with van der Waals surface area (Å²) < 4.78 is 5.39. The minimum atomic E-state index is 0.0708. The summed E-state index contributed by atoms with van der Waals surface area (Å²) in [5.41, 5.74) is 5.85. The molecule has 0 radical (unpaired) electrons. The van der Waals surface area contributed by atoms with Crippen LogP contribution >= 0.6 is 0 Å². The van der Waals surface area contributed by atoms with Gasteiger partial charge < -0.3 is 10.5 Å². The SMILES string of the molecule is NCC1(Cc2ncccn2)CCOC1. The highest BCUT2D eigenvalue weighted by Crippen LogP contribution is 2.30. The first kappa shape index (κ1) is 9.55. The highest BCUT2D eigenvalue weighted by molar-refractivity contribution is 4.97. The number of hydrogen-bond acceptors (Lipinski definition) is 4. The van der Waals surface area contributed by atoms with Crippen molar-refractivity contribution in [1.29, 1.82) is 0 Å². The first-order chi connectivity index (χ1) is 6.85. The fourth-order valence-electron chi connectivity index (χ4n) is 1.78. The molecule has 0 aliphatic carbocycles. The Morgan fingerprint density at radius 3 is 2.79 bits per heavy atom. The number of ether oxygens (including phenoxy) is 1. The Bertz CT molecular complexity index is 283. The zero-order chi connectivity index (χ0) is 9.86. The molecule has 0 bridgehead atoms. The standard InChI is InChI=1S/C10H15N3O/c11-7-10(2-5-14-8-10)6-9-12-3-1-4-13-9/h1,3-4H,2,5-8,11H2. The molecule has 1 aromatic heterocycles. The molecule has 1 aromatic rings. The van der Waals surface area contributed by atoms with Gasteiger partial charge in [0.15, 0.2) is 0 Å². The van der Waals surface area contributed by atoms with Crippen molar-refractivity contribution >= 4 is 0 Å². The molecular weight excluding hydrogens is 178 g/mol. The maximum Gasteiger partial charge on any atom is 0.128 e. The Morgan fingerprint density at radius 1 is 1.43 bits per heavy atom. The summed E-state index contributed by atoms with van der Waals surface area (Å²) in [5.74, 6) is 0.864. The summed E-state index contributed by atoms with van der Waals surface area (Å²) in [6.45, 7) is 2.19. The summed E-state index contributed by atoms with van der Waals surface area (Å²) in [4.78, 5) is 8.43. The predicted molar refractivity (Wildman–Crippen MR) is 52.7 cm³/mol. The van der Waals surface area contributed by atoms with Crippen LogP contribution < -0.4 is 5.73 Å². The lowest BCUT2D eigenvalue weighted by atomic mass is 9.83. The van der Waals surface area contributed by atoms with Crippen molar-refractivity contribution in [1.82, 2.24) is 9.97 Å². The summed E-state index contributed by atoms with van der Waals surface area (Å²) in [6, 6.07) is 1.82. The molecule has 76 valence electrons. The van der Waals surface area contributed by atoms with Gasteiger partial charge in [-0.1, -0.05) is 0 Å². The van der Waals surface area contributed by atoms with Gasteiger partial charge in [0.25, 0.3) is 0 Å². The second-order valence-corrected chi connectivity index (χ2v) is 3.85. The van der Waals surface area contributed by atoms with Crippen LogP contribution in [0.1, 0.15) is 12.2 Å². The van der Waals surface area contributed by atoms with E-state index in [0.717, 1.165) is 31.9 Å². The van der Waals surface area contributed by atoms with Crippen LogP contribution in [0.15, 0.2) is 18.5 Å². The van der Waals surface area contributed by atoms with E-state index in [1.165, 1.54) is 0 Å². The molecule has 0 aromatic carbocycles. The Morgan fingerprint density at radius 2 is 2.21 bits per heavy atom. The molecule has 1 aliphatic heterocycles. The van der Waals surface area contributed by atoms with E-state index < -0.39 is 0 Å². The molecule has 1 aliphatic rings. The van der Waals surface area contributed by atoms with Crippen LogP contribution in [0, 0.1) is 5.41 Å². The molecular formula is C10H15N3O. The Balaban J connectivity index is 2.08. The molecule has 2 heterocycles. The lowest BCUT2D eigenvalue weighted by molar-refractivity contribution is 0.153. The molecule has 4 heteroatoms. The van der Waals surface area contributed by atoms with Crippen molar-refractivity contribution in [2.45, 2.75) is 12.8 Å². The van der Waals surface area contributed by atoms with Crippen LogP contribution in [0.3, 0.4) is 0 Å². The van der Waals surface area contributed by atoms with E-state index >= 15 is 0 Å². The summed E-state index contributed by atoms with van der Waals surface area (Å²) in [6.07, 6.45) is 5.37. The zero-order valence-electron chi connectivity index (χ0n) is 8.15. The van der Waals surface area contributed by atoms with Gasteiger partial charge in [0, 0.05) is 37.4 Å². The third-order valence-corrected chi connectivity index (χ3v) is 2.77. The molecule has 1 atom stereocenters. The third kappa shape index (κ3) is 1.91. The predicted octanol–water partition coefficient (Wildman–Crippen LogP) is 0.384. The van der Waals surface area contributed by atoms with Crippen LogP contribution in [0.5, 0.6) is 0 Å². The minimum Gasteiger partial charge on any atom is -0.381 e. The van der Waals surface area contributed by atoms with E-state index in [4.69, 9.17) is 10.5 Å². The highest BCUT2D eigenvalue weighted by atomic mass is 16.5. The van der Waals surface area contributed by atoms with Gasteiger partial charge >= 0.3 is 0 Å². The molecule has 4 nitrogen and oxygen atoms in total. The van der Waals surface area contributed by atoms with Crippen LogP contribution in [-0.4, -0.2) is 29.7 Å². The van der Waals surface area contributed by atoms with Gasteiger partial charge in [-0.15, -0.1) is 0 Å². The number of hydrogen-bond donors (Lipinski definition) is 1. The quantitative estimate of drug-likeness (QED) is 0.754. The molecule has 0 spiro atoms. The van der Waals surface area contributed by atoms with Gasteiger partial charge in [-0.05, 0) is 12.5 Å². The maximum absolute atomic E-state index is 5.78. The molecule has 0 amide bonds. The van der Waals surface area contributed by atoms with E-state index in [-0.39, 0.29) is 5.41 Å². The van der Waals surface area contributed by atoms with E-state index in [1.807, 2.05) is 6.07 Å². The monoisotopic (exact) mass is 193 g/mol. The molecule has 14 heavy (non-hydrogen) atoms. The Kier molecular flexibility index (Phi) is 2.74. The van der Waals surface area contributed by atoms with Crippen molar-refractivity contribution in [3.63, 3.8) is 0 Å². The fourth-order valence-corrected chi connectivity index (χ4v) is 1.78. The Labute approximate surface area is 83.5 Å². The summed E-state index contributed by atoms with van der Waals surface area (Å²) in [7, 11) is 0. The van der Waals surface area contributed by atoms with Crippen LogP contribution in [0.4, 0.5) is 0 Å². The lowest BCUT2D eigenvalue weighted by Crippen LogP contribution is -2.33. The zero-order valence-corrected chi connectivity index (χ0v) is 8.15. The molecule has 2 N–H and O–H groups in total. The van der Waals surface area contributed by atoms with Crippen molar-refractivity contribution in [3.8, 4) is 0 Å². The maximum atomic E-state index is 5.78. The summed E-state index contributed by atoms with van der Waals surface area (Å²) in [5, 5.41) is 0. The third-order valence-electron chi connectivity index (χ3n) is 2.77. The lowest BCUT2D eigenvalue weighted by Gasteiger charge is -2.23.